The van der Waals surface area contributed by atoms with Crippen molar-refractivity contribution in [1.82, 2.24) is 0 Å². The maximum absolute atomic E-state index is 10.1. The van der Waals surface area contributed by atoms with Gasteiger partial charge < -0.3 is 24.9 Å². The maximum Gasteiger partial charge on any atom is 0.466 e. The van der Waals surface area contributed by atoms with Gasteiger partial charge in [0.1, 0.15) is 0 Å². The lowest BCUT2D eigenvalue weighted by Gasteiger charge is -1.98. The standard InChI is InChI=1S/C10H18O4.H3O4P/c11-9(12)7-5-3-1-2-4-6-8-10(13)14;1-5(2,3)4/h1-8H2,(H,11,12)(H,13,14);(H3,1,2,3,4). The number of aliphatic carboxylic acids is 2. The molecule has 0 heterocycles. The number of hydrogen-bond acceptors (Lipinski definition) is 3. The van der Waals surface area contributed by atoms with Crippen LogP contribution in [0.15, 0.2) is 0 Å². The number of carboxylic acids is 2. The molecule has 0 saturated carbocycles. The van der Waals surface area contributed by atoms with Gasteiger partial charge >= 0.3 is 19.8 Å². The molecule has 19 heavy (non-hydrogen) atoms. The van der Waals surface area contributed by atoms with Crippen molar-refractivity contribution in [3.63, 3.8) is 0 Å². The van der Waals surface area contributed by atoms with Crippen molar-refractivity contribution in [2.75, 3.05) is 0 Å². The summed E-state index contributed by atoms with van der Waals surface area (Å²) in [5.74, 6) is -1.48. The van der Waals surface area contributed by atoms with Crippen LogP contribution < -0.4 is 0 Å². The molecule has 0 aliphatic carbocycles. The quantitative estimate of drug-likeness (QED) is 0.316. The van der Waals surface area contributed by atoms with Gasteiger partial charge in [-0.2, -0.15) is 0 Å². The number of carboxylic acid groups (broad SMARTS) is 2. The molecule has 5 N–H and O–H groups in total. The van der Waals surface area contributed by atoms with Crippen LogP contribution in [0, 0.1) is 0 Å². The fourth-order valence-electron chi connectivity index (χ4n) is 1.26. The number of unbranched alkanes of at least 4 members (excludes halogenated alkanes) is 5. The summed E-state index contributed by atoms with van der Waals surface area (Å²) in [7, 11) is -4.64. The molecule has 0 aliphatic heterocycles. The second-order valence-electron chi connectivity index (χ2n) is 3.92. The van der Waals surface area contributed by atoms with E-state index in [9.17, 15) is 9.59 Å². The van der Waals surface area contributed by atoms with E-state index in [0.717, 1.165) is 38.5 Å². The summed E-state index contributed by atoms with van der Waals surface area (Å²) in [6.45, 7) is 0. The molecule has 0 radical (unpaired) electrons. The smallest absolute Gasteiger partial charge is 0.466 e. The number of phosphoric acid groups is 1. The largest absolute Gasteiger partial charge is 0.481 e. The molecule has 0 amide bonds. The van der Waals surface area contributed by atoms with Crippen molar-refractivity contribution in [3.05, 3.63) is 0 Å². The van der Waals surface area contributed by atoms with Crippen molar-refractivity contribution in [1.29, 1.82) is 0 Å². The fourth-order valence-corrected chi connectivity index (χ4v) is 1.26. The highest BCUT2D eigenvalue weighted by molar-refractivity contribution is 7.45. The molecular formula is C10H21O8P. The first-order valence-corrected chi connectivity index (χ1v) is 7.41. The molecule has 8 nitrogen and oxygen atoms in total. The number of hydrogen-bond donors (Lipinski definition) is 5. The van der Waals surface area contributed by atoms with Crippen LogP contribution in [0.4, 0.5) is 0 Å². The van der Waals surface area contributed by atoms with Gasteiger partial charge in [-0.1, -0.05) is 25.7 Å². The van der Waals surface area contributed by atoms with Crippen molar-refractivity contribution < 1.29 is 39.0 Å². The molecule has 0 aromatic heterocycles. The van der Waals surface area contributed by atoms with Crippen LogP contribution in [0.3, 0.4) is 0 Å². The summed E-state index contributed by atoms with van der Waals surface area (Å²) in [6, 6.07) is 0. The zero-order chi connectivity index (χ0) is 15.3. The molecule has 0 aromatic rings. The Kier molecular flexibility index (Phi) is 13.0. The SMILES string of the molecule is O=C(O)CCCCCCCCC(=O)O.O=P(O)(O)O. The third kappa shape index (κ3) is 38.2. The Labute approximate surface area is 111 Å². The van der Waals surface area contributed by atoms with Crippen molar-refractivity contribution in [2.45, 2.75) is 51.4 Å². The Morgan fingerprint density at radius 2 is 0.895 bits per heavy atom. The van der Waals surface area contributed by atoms with Gasteiger partial charge in [0.2, 0.25) is 0 Å². The van der Waals surface area contributed by atoms with E-state index < -0.39 is 19.8 Å². The van der Waals surface area contributed by atoms with Gasteiger partial charge in [0.15, 0.2) is 0 Å². The lowest BCUT2D eigenvalue weighted by molar-refractivity contribution is -0.138. The van der Waals surface area contributed by atoms with Crippen LogP contribution in [-0.4, -0.2) is 36.8 Å². The summed E-state index contributed by atoms with van der Waals surface area (Å²) in [5.41, 5.74) is 0. The van der Waals surface area contributed by atoms with E-state index in [0.29, 0.717) is 0 Å². The predicted molar refractivity (Wildman–Crippen MR) is 66.5 cm³/mol. The first-order chi connectivity index (χ1) is 8.63. The summed E-state index contributed by atoms with van der Waals surface area (Å²) in [6.07, 6.45) is 5.82. The molecule has 0 spiro atoms. The predicted octanol–water partition coefficient (Wildman–Crippen LogP) is 1.35. The van der Waals surface area contributed by atoms with Gasteiger partial charge in [0.25, 0.3) is 0 Å². The monoisotopic (exact) mass is 300 g/mol. The molecule has 0 rings (SSSR count). The van der Waals surface area contributed by atoms with E-state index in [1.807, 2.05) is 0 Å². The Morgan fingerprint density at radius 3 is 1.11 bits per heavy atom. The second-order valence-corrected chi connectivity index (χ2v) is 4.95. The van der Waals surface area contributed by atoms with Crippen molar-refractivity contribution >= 4 is 19.8 Å². The van der Waals surface area contributed by atoms with E-state index in [1.165, 1.54) is 0 Å². The van der Waals surface area contributed by atoms with Gasteiger partial charge in [0, 0.05) is 12.8 Å². The van der Waals surface area contributed by atoms with Crippen LogP contribution >= 0.6 is 7.82 Å². The zero-order valence-corrected chi connectivity index (χ0v) is 11.5. The summed E-state index contributed by atoms with van der Waals surface area (Å²) in [4.78, 5) is 41.9. The molecule has 0 fully saturated rings. The molecule has 0 saturated heterocycles. The van der Waals surface area contributed by atoms with E-state index in [-0.39, 0.29) is 12.8 Å². The molecule has 0 aliphatic rings. The van der Waals surface area contributed by atoms with Crippen molar-refractivity contribution in [2.24, 2.45) is 0 Å². The number of carbonyl (C=O) groups is 2. The van der Waals surface area contributed by atoms with Gasteiger partial charge in [-0.05, 0) is 12.8 Å². The van der Waals surface area contributed by atoms with Gasteiger partial charge in [0.05, 0.1) is 0 Å². The number of rotatable bonds is 9. The van der Waals surface area contributed by atoms with Gasteiger partial charge in [-0.25, -0.2) is 4.57 Å². The van der Waals surface area contributed by atoms with Crippen LogP contribution in [0.2, 0.25) is 0 Å². The first kappa shape index (κ1) is 20.4. The Balaban J connectivity index is 0. The average molecular weight is 300 g/mol. The zero-order valence-electron chi connectivity index (χ0n) is 10.6. The molecule has 0 unspecified atom stereocenters. The minimum atomic E-state index is -4.64. The minimum Gasteiger partial charge on any atom is -0.481 e. The lowest BCUT2D eigenvalue weighted by Crippen LogP contribution is -1.94. The highest BCUT2D eigenvalue weighted by Gasteiger charge is 2.00. The molecule has 114 valence electrons. The lowest BCUT2D eigenvalue weighted by atomic mass is 10.1. The van der Waals surface area contributed by atoms with Crippen LogP contribution in [-0.2, 0) is 14.2 Å². The van der Waals surface area contributed by atoms with E-state index in [1.54, 1.807) is 0 Å². The molecular weight excluding hydrogens is 279 g/mol. The Morgan fingerprint density at radius 1 is 0.684 bits per heavy atom. The first-order valence-electron chi connectivity index (χ1n) is 5.85. The topological polar surface area (TPSA) is 152 Å². The summed E-state index contributed by atoms with van der Waals surface area (Å²) >= 11 is 0. The van der Waals surface area contributed by atoms with E-state index in [4.69, 9.17) is 29.5 Å². The van der Waals surface area contributed by atoms with E-state index >= 15 is 0 Å². The van der Waals surface area contributed by atoms with Crippen LogP contribution in [0.5, 0.6) is 0 Å². The van der Waals surface area contributed by atoms with Crippen LogP contribution in [0.25, 0.3) is 0 Å². The Bertz CT molecular complexity index is 270. The van der Waals surface area contributed by atoms with E-state index in [2.05, 4.69) is 0 Å². The molecule has 0 bridgehead atoms. The van der Waals surface area contributed by atoms with Crippen molar-refractivity contribution in [3.8, 4) is 0 Å². The molecule has 0 atom stereocenters. The fraction of sp³-hybridized carbons (Fsp3) is 0.800. The average Bonchev–Trinajstić information content (AvgIpc) is 2.18. The van der Waals surface area contributed by atoms with Gasteiger partial charge in [-0.3, -0.25) is 9.59 Å². The summed E-state index contributed by atoms with van der Waals surface area (Å²) < 4.78 is 8.88. The highest BCUT2D eigenvalue weighted by atomic mass is 31.2. The normalized spacial score (nSPS) is 10.5. The van der Waals surface area contributed by atoms with Crippen LogP contribution in [0.1, 0.15) is 51.4 Å². The third-order valence-corrected chi connectivity index (χ3v) is 2.03. The highest BCUT2D eigenvalue weighted by Crippen LogP contribution is 2.25. The Hall–Kier alpha value is -0.950. The van der Waals surface area contributed by atoms with Gasteiger partial charge in [-0.15, -0.1) is 0 Å². The second kappa shape index (κ2) is 12.1. The molecule has 9 heteroatoms. The molecule has 0 aromatic carbocycles. The summed E-state index contributed by atoms with van der Waals surface area (Å²) in [5, 5.41) is 16.7. The maximum atomic E-state index is 10.1. The third-order valence-electron chi connectivity index (χ3n) is 2.03. The minimum absolute atomic E-state index is 0.245.